The molecule has 0 saturated carbocycles. The van der Waals surface area contributed by atoms with Gasteiger partial charge >= 0.3 is 6.09 Å². The lowest BCUT2D eigenvalue weighted by Gasteiger charge is -2.63. The quantitative estimate of drug-likeness (QED) is 0.686. The summed E-state index contributed by atoms with van der Waals surface area (Å²) in [6.07, 6.45) is 4.61. The van der Waals surface area contributed by atoms with Gasteiger partial charge in [-0.15, -0.1) is 0 Å². The number of carbonyl (C=O) groups excluding carboxylic acids is 1. The van der Waals surface area contributed by atoms with Gasteiger partial charge in [0.2, 0.25) is 0 Å². The van der Waals surface area contributed by atoms with Gasteiger partial charge in [-0.25, -0.2) is 9.78 Å². The molecule has 0 aromatic carbocycles. The van der Waals surface area contributed by atoms with Crippen LogP contribution >= 0.6 is 11.6 Å². The van der Waals surface area contributed by atoms with Crippen LogP contribution in [-0.2, 0) is 4.74 Å². The molecule has 1 spiro atoms. The van der Waals surface area contributed by atoms with Crippen LogP contribution in [0.4, 0.5) is 10.5 Å². The second-order valence-electron chi connectivity index (χ2n) is 9.20. The number of carbonyl (C=O) groups is 1. The molecule has 4 heterocycles. The molecule has 2 saturated heterocycles. The second-order valence-corrected chi connectivity index (χ2v) is 9.59. The van der Waals surface area contributed by atoms with Crippen molar-refractivity contribution in [3.8, 4) is 0 Å². The number of amides is 1. The Morgan fingerprint density at radius 2 is 1.93 bits per heavy atom. The van der Waals surface area contributed by atoms with Gasteiger partial charge in [-0.1, -0.05) is 25.4 Å². The van der Waals surface area contributed by atoms with Crippen LogP contribution in [0.25, 0.3) is 10.8 Å². The Kier molecular flexibility index (Phi) is 4.45. The first-order chi connectivity index (χ1) is 13.1. The number of anilines is 1. The van der Waals surface area contributed by atoms with E-state index in [9.17, 15) is 4.79 Å². The minimum absolute atomic E-state index is 0.0233. The highest BCUT2D eigenvalue weighted by Crippen LogP contribution is 2.45. The summed E-state index contributed by atoms with van der Waals surface area (Å²) in [5, 5.41) is 2.60. The predicted molar refractivity (Wildman–Crippen MR) is 111 cm³/mol. The highest BCUT2D eigenvalue weighted by atomic mass is 35.5. The zero-order valence-electron chi connectivity index (χ0n) is 17.1. The van der Waals surface area contributed by atoms with Crippen LogP contribution in [0, 0.1) is 0 Å². The van der Waals surface area contributed by atoms with Gasteiger partial charge in [0.25, 0.3) is 0 Å². The fourth-order valence-corrected chi connectivity index (χ4v) is 4.31. The van der Waals surface area contributed by atoms with E-state index in [-0.39, 0.29) is 11.6 Å². The molecule has 0 unspecified atom stereocenters. The summed E-state index contributed by atoms with van der Waals surface area (Å²) in [4.78, 5) is 25.5. The molecular formula is C21H27ClN4O2. The minimum atomic E-state index is -0.475. The summed E-state index contributed by atoms with van der Waals surface area (Å²) in [6.45, 7) is 12.2. The number of aromatic nitrogens is 2. The molecule has 0 radical (unpaired) electrons. The zero-order valence-corrected chi connectivity index (χ0v) is 17.9. The Morgan fingerprint density at radius 3 is 2.50 bits per heavy atom. The van der Waals surface area contributed by atoms with Gasteiger partial charge in [-0.2, -0.15) is 0 Å². The first-order valence-electron chi connectivity index (χ1n) is 9.79. The summed E-state index contributed by atoms with van der Waals surface area (Å²) < 4.78 is 5.50. The standard InChI is InChI=1S/C21H27ClN4O2/c1-13(2)18-14-8-17(22)23-9-15(14)16(10-24-18)26-7-6-21(26)11-25(12-21)19(27)28-20(3,4)5/h8-10,13H,6-7,11-12H2,1-5H3. The summed E-state index contributed by atoms with van der Waals surface area (Å²) in [5.74, 6) is 0.298. The summed E-state index contributed by atoms with van der Waals surface area (Å²) in [7, 11) is 0. The molecule has 0 aliphatic carbocycles. The van der Waals surface area contributed by atoms with Crippen molar-refractivity contribution in [3.05, 3.63) is 29.3 Å². The van der Waals surface area contributed by atoms with E-state index in [1.165, 1.54) is 0 Å². The van der Waals surface area contributed by atoms with Crippen molar-refractivity contribution >= 4 is 34.2 Å². The first kappa shape index (κ1) is 19.2. The maximum Gasteiger partial charge on any atom is 0.410 e. The van der Waals surface area contributed by atoms with E-state index in [1.807, 2.05) is 39.2 Å². The molecule has 0 atom stereocenters. The van der Waals surface area contributed by atoms with E-state index in [0.717, 1.165) is 35.1 Å². The summed E-state index contributed by atoms with van der Waals surface area (Å²) in [5.41, 5.74) is 1.60. The van der Waals surface area contributed by atoms with Crippen molar-refractivity contribution in [1.82, 2.24) is 14.9 Å². The molecule has 6 nitrogen and oxygen atoms in total. The third-order valence-corrected chi connectivity index (χ3v) is 5.79. The molecule has 7 heteroatoms. The average molecular weight is 403 g/mol. The highest BCUT2D eigenvalue weighted by Gasteiger charge is 2.56. The van der Waals surface area contributed by atoms with Crippen LogP contribution < -0.4 is 4.90 Å². The number of likely N-dealkylation sites (tertiary alicyclic amines) is 1. The van der Waals surface area contributed by atoms with E-state index >= 15 is 0 Å². The molecule has 1 amide bonds. The van der Waals surface area contributed by atoms with Crippen molar-refractivity contribution in [2.75, 3.05) is 24.5 Å². The molecular weight excluding hydrogens is 376 g/mol. The Morgan fingerprint density at radius 1 is 1.21 bits per heavy atom. The number of hydrogen-bond acceptors (Lipinski definition) is 5. The average Bonchev–Trinajstić information content (AvgIpc) is 2.50. The van der Waals surface area contributed by atoms with E-state index in [1.54, 1.807) is 4.90 Å². The molecule has 150 valence electrons. The van der Waals surface area contributed by atoms with Crippen LogP contribution in [0.2, 0.25) is 5.15 Å². The van der Waals surface area contributed by atoms with E-state index < -0.39 is 5.60 Å². The van der Waals surface area contributed by atoms with Crippen LogP contribution in [0.5, 0.6) is 0 Å². The second kappa shape index (κ2) is 6.48. The number of rotatable bonds is 2. The Labute approximate surface area is 170 Å². The van der Waals surface area contributed by atoms with E-state index in [0.29, 0.717) is 24.2 Å². The molecule has 2 aromatic rings. The lowest BCUT2D eigenvalue weighted by Crippen LogP contribution is -2.78. The van der Waals surface area contributed by atoms with Crippen LogP contribution in [0.15, 0.2) is 18.5 Å². The fourth-order valence-electron chi connectivity index (χ4n) is 4.16. The number of halogens is 1. The number of fused-ring (bicyclic) bond motifs is 1. The van der Waals surface area contributed by atoms with Crippen molar-refractivity contribution in [1.29, 1.82) is 0 Å². The molecule has 2 aromatic heterocycles. The monoisotopic (exact) mass is 402 g/mol. The Hall–Kier alpha value is -2.08. The van der Waals surface area contributed by atoms with Gasteiger partial charge in [0.1, 0.15) is 10.8 Å². The van der Waals surface area contributed by atoms with Gasteiger partial charge < -0.3 is 14.5 Å². The smallest absolute Gasteiger partial charge is 0.410 e. The van der Waals surface area contributed by atoms with Gasteiger partial charge in [0.15, 0.2) is 0 Å². The molecule has 2 aliphatic heterocycles. The summed E-state index contributed by atoms with van der Waals surface area (Å²) in [6, 6.07) is 1.91. The number of ether oxygens (including phenoxy) is 1. The molecule has 2 aliphatic rings. The third kappa shape index (κ3) is 3.17. The van der Waals surface area contributed by atoms with Crippen molar-refractivity contribution in [3.63, 3.8) is 0 Å². The number of pyridine rings is 2. The van der Waals surface area contributed by atoms with Crippen molar-refractivity contribution in [2.45, 2.75) is 58.1 Å². The highest BCUT2D eigenvalue weighted by molar-refractivity contribution is 6.30. The molecule has 28 heavy (non-hydrogen) atoms. The Bertz CT molecular complexity index is 932. The zero-order chi connectivity index (χ0) is 20.3. The lowest BCUT2D eigenvalue weighted by atomic mass is 9.77. The molecule has 2 fully saturated rings. The third-order valence-electron chi connectivity index (χ3n) is 5.58. The van der Waals surface area contributed by atoms with Gasteiger partial charge in [-0.3, -0.25) is 4.98 Å². The van der Waals surface area contributed by atoms with Crippen molar-refractivity contribution < 1.29 is 9.53 Å². The number of hydrogen-bond donors (Lipinski definition) is 0. The number of nitrogens with zero attached hydrogens (tertiary/aromatic N) is 4. The maximum absolute atomic E-state index is 12.3. The predicted octanol–water partition coefficient (Wildman–Crippen LogP) is 4.61. The summed E-state index contributed by atoms with van der Waals surface area (Å²) >= 11 is 6.17. The van der Waals surface area contributed by atoms with Gasteiger partial charge in [-0.05, 0) is 39.2 Å². The SMILES string of the molecule is CC(C)c1ncc(N2CCC23CN(C(=O)OC(C)(C)C)C3)c2cnc(Cl)cc12. The van der Waals surface area contributed by atoms with Crippen LogP contribution in [0.1, 0.15) is 52.7 Å². The largest absolute Gasteiger partial charge is 0.444 e. The minimum Gasteiger partial charge on any atom is -0.444 e. The normalized spacial score (nSPS) is 18.4. The van der Waals surface area contributed by atoms with Crippen LogP contribution in [0.3, 0.4) is 0 Å². The molecule has 0 bridgehead atoms. The van der Waals surface area contributed by atoms with Gasteiger partial charge in [0, 0.05) is 36.6 Å². The maximum atomic E-state index is 12.3. The topological polar surface area (TPSA) is 58.6 Å². The van der Waals surface area contributed by atoms with Crippen LogP contribution in [-0.4, -0.2) is 51.7 Å². The van der Waals surface area contributed by atoms with E-state index in [4.69, 9.17) is 21.3 Å². The van der Waals surface area contributed by atoms with Crippen molar-refractivity contribution in [2.24, 2.45) is 0 Å². The van der Waals surface area contributed by atoms with E-state index in [2.05, 4.69) is 23.7 Å². The van der Waals surface area contributed by atoms with Gasteiger partial charge in [0.05, 0.1) is 23.1 Å². The molecule has 0 N–H and O–H groups in total. The fraction of sp³-hybridized carbons (Fsp3) is 0.571. The first-order valence-corrected chi connectivity index (χ1v) is 10.2. The molecule has 4 rings (SSSR count). The Balaban J connectivity index is 1.60. The lowest BCUT2D eigenvalue weighted by molar-refractivity contribution is -0.0220.